The van der Waals surface area contributed by atoms with Crippen LogP contribution in [0.15, 0.2) is 42.5 Å². The van der Waals surface area contributed by atoms with Gasteiger partial charge in [-0.25, -0.2) is 0 Å². The van der Waals surface area contributed by atoms with Gasteiger partial charge in [-0.15, -0.1) is 0 Å². The molecule has 1 saturated heterocycles. The van der Waals surface area contributed by atoms with Crippen molar-refractivity contribution < 1.29 is 14.8 Å². The molecular weight excluding hydrogens is 391 g/mol. The number of nitro benzene ring substituents is 1. The van der Waals surface area contributed by atoms with E-state index in [0.29, 0.717) is 31.0 Å². The van der Waals surface area contributed by atoms with Gasteiger partial charge in [0, 0.05) is 30.2 Å². The zero-order chi connectivity index (χ0) is 19.6. The fourth-order valence-corrected chi connectivity index (χ4v) is 3.64. The van der Waals surface area contributed by atoms with E-state index in [4.69, 9.17) is 23.2 Å². The Kier molecular flexibility index (Phi) is 5.99. The van der Waals surface area contributed by atoms with Gasteiger partial charge >= 0.3 is 0 Å². The standard InChI is InChI=1S/C19H18Cl2N2O4/c20-14-3-1-12(2-4-14)18(24)13-7-9-22(10-8-13)19(25)16-11-15(23(26)27)5-6-17(16)21/h1-6,11,13,18,24H,7-10H2. The molecule has 1 fully saturated rings. The molecule has 142 valence electrons. The Hall–Kier alpha value is -2.15. The quantitative estimate of drug-likeness (QED) is 0.596. The number of hydrogen-bond donors (Lipinski definition) is 1. The number of piperidine rings is 1. The van der Waals surface area contributed by atoms with Crippen LogP contribution in [0, 0.1) is 16.0 Å². The van der Waals surface area contributed by atoms with Crippen LogP contribution in [-0.4, -0.2) is 33.9 Å². The van der Waals surface area contributed by atoms with E-state index in [9.17, 15) is 20.0 Å². The lowest BCUT2D eigenvalue weighted by molar-refractivity contribution is -0.384. The maximum atomic E-state index is 12.7. The lowest BCUT2D eigenvalue weighted by Crippen LogP contribution is -2.39. The summed E-state index contributed by atoms with van der Waals surface area (Å²) in [6.07, 6.45) is 0.630. The van der Waals surface area contributed by atoms with E-state index in [0.717, 1.165) is 5.56 Å². The average molecular weight is 409 g/mol. The van der Waals surface area contributed by atoms with Gasteiger partial charge in [-0.2, -0.15) is 0 Å². The summed E-state index contributed by atoms with van der Waals surface area (Å²) >= 11 is 11.9. The fourth-order valence-electron chi connectivity index (χ4n) is 3.31. The normalized spacial score (nSPS) is 16.2. The summed E-state index contributed by atoms with van der Waals surface area (Å²) in [6, 6.07) is 10.9. The molecule has 0 spiro atoms. The molecule has 0 aliphatic carbocycles. The molecule has 1 aliphatic heterocycles. The summed E-state index contributed by atoms with van der Waals surface area (Å²) in [6.45, 7) is 0.903. The minimum Gasteiger partial charge on any atom is -0.388 e. The molecule has 1 amide bonds. The van der Waals surface area contributed by atoms with Crippen molar-refractivity contribution in [2.24, 2.45) is 5.92 Å². The van der Waals surface area contributed by atoms with Gasteiger partial charge in [0.05, 0.1) is 21.6 Å². The molecule has 1 unspecified atom stereocenters. The maximum absolute atomic E-state index is 12.7. The van der Waals surface area contributed by atoms with Crippen LogP contribution in [0.2, 0.25) is 10.0 Å². The van der Waals surface area contributed by atoms with Crippen LogP contribution in [0.3, 0.4) is 0 Å². The molecule has 1 atom stereocenters. The van der Waals surface area contributed by atoms with Crippen molar-refractivity contribution >= 4 is 34.8 Å². The number of carbonyl (C=O) groups excluding carboxylic acids is 1. The molecule has 8 heteroatoms. The summed E-state index contributed by atoms with van der Waals surface area (Å²) in [5, 5.41) is 22.3. The second-order valence-electron chi connectivity index (χ2n) is 6.55. The SMILES string of the molecule is O=C(c1cc([N+](=O)[O-])ccc1Cl)N1CCC(C(O)c2ccc(Cl)cc2)CC1. The van der Waals surface area contributed by atoms with Crippen LogP contribution >= 0.6 is 23.2 Å². The Balaban J connectivity index is 1.67. The van der Waals surface area contributed by atoms with Crippen LogP contribution in [0.4, 0.5) is 5.69 Å². The number of halogens is 2. The minimum absolute atomic E-state index is 0.0239. The highest BCUT2D eigenvalue weighted by molar-refractivity contribution is 6.34. The number of aliphatic hydroxyl groups excluding tert-OH is 1. The topological polar surface area (TPSA) is 83.7 Å². The number of nitrogens with zero attached hydrogens (tertiary/aromatic N) is 2. The lowest BCUT2D eigenvalue weighted by atomic mass is 9.87. The second-order valence-corrected chi connectivity index (χ2v) is 7.39. The molecule has 27 heavy (non-hydrogen) atoms. The Morgan fingerprint density at radius 2 is 1.78 bits per heavy atom. The summed E-state index contributed by atoms with van der Waals surface area (Å²) in [7, 11) is 0. The van der Waals surface area contributed by atoms with Gasteiger partial charge in [0.1, 0.15) is 0 Å². The largest absolute Gasteiger partial charge is 0.388 e. The summed E-state index contributed by atoms with van der Waals surface area (Å²) in [4.78, 5) is 24.7. The molecule has 0 radical (unpaired) electrons. The minimum atomic E-state index is -0.624. The number of likely N-dealkylation sites (tertiary alicyclic amines) is 1. The third kappa shape index (κ3) is 4.40. The first-order chi connectivity index (χ1) is 12.9. The van der Waals surface area contributed by atoms with Gasteiger partial charge in [0.2, 0.25) is 0 Å². The van der Waals surface area contributed by atoms with Crippen molar-refractivity contribution in [3.8, 4) is 0 Å². The van der Waals surface area contributed by atoms with Gasteiger partial charge in [-0.1, -0.05) is 35.3 Å². The van der Waals surface area contributed by atoms with Crippen molar-refractivity contribution in [3.05, 3.63) is 73.8 Å². The van der Waals surface area contributed by atoms with Gasteiger partial charge in [0.15, 0.2) is 0 Å². The van der Waals surface area contributed by atoms with E-state index in [1.807, 2.05) is 0 Å². The first-order valence-corrected chi connectivity index (χ1v) is 9.29. The van der Waals surface area contributed by atoms with Crippen molar-refractivity contribution in [1.82, 2.24) is 4.90 Å². The monoisotopic (exact) mass is 408 g/mol. The first kappa shape index (κ1) is 19.6. The highest BCUT2D eigenvalue weighted by Crippen LogP contribution is 2.32. The van der Waals surface area contributed by atoms with E-state index in [2.05, 4.69) is 0 Å². The zero-order valence-corrected chi connectivity index (χ0v) is 15.9. The number of aliphatic hydroxyl groups is 1. The Morgan fingerprint density at radius 3 is 2.37 bits per heavy atom. The van der Waals surface area contributed by atoms with Crippen molar-refractivity contribution in [1.29, 1.82) is 0 Å². The smallest absolute Gasteiger partial charge is 0.270 e. The van der Waals surface area contributed by atoms with Crippen LogP contribution in [0.25, 0.3) is 0 Å². The van der Waals surface area contributed by atoms with E-state index in [1.54, 1.807) is 29.2 Å². The Morgan fingerprint density at radius 1 is 1.15 bits per heavy atom. The molecule has 3 rings (SSSR count). The number of non-ortho nitro benzene ring substituents is 1. The number of amides is 1. The molecule has 0 bridgehead atoms. The average Bonchev–Trinajstić information content (AvgIpc) is 2.68. The van der Waals surface area contributed by atoms with Gasteiger partial charge < -0.3 is 10.0 Å². The predicted octanol–water partition coefficient (Wildman–Crippen LogP) is 4.49. The predicted molar refractivity (Wildman–Crippen MR) is 103 cm³/mol. The summed E-state index contributed by atoms with van der Waals surface area (Å²) < 4.78 is 0. The summed E-state index contributed by atoms with van der Waals surface area (Å²) in [5.74, 6) is -0.307. The van der Waals surface area contributed by atoms with E-state index in [-0.39, 0.29) is 28.1 Å². The van der Waals surface area contributed by atoms with Crippen LogP contribution in [0.5, 0.6) is 0 Å². The molecular formula is C19H18Cl2N2O4. The molecule has 1 heterocycles. The van der Waals surface area contributed by atoms with Gasteiger partial charge in [-0.3, -0.25) is 14.9 Å². The van der Waals surface area contributed by atoms with Crippen LogP contribution in [0.1, 0.15) is 34.9 Å². The highest BCUT2D eigenvalue weighted by Gasteiger charge is 2.30. The van der Waals surface area contributed by atoms with E-state index < -0.39 is 11.0 Å². The molecule has 0 saturated carbocycles. The summed E-state index contributed by atoms with van der Waals surface area (Å²) in [5.41, 5.74) is 0.754. The highest BCUT2D eigenvalue weighted by atomic mass is 35.5. The number of rotatable bonds is 4. The third-order valence-electron chi connectivity index (χ3n) is 4.88. The van der Waals surface area contributed by atoms with Crippen LogP contribution in [-0.2, 0) is 0 Å². The Labute approximate surface area is 166 Å². The molecule has 1 N–H and O–H groups in total. The number of benzene rings is 2. The van der Waals surface area contributed by atoms with Gasteiger partial charge in [-0.05, 0) is 42.5 Å². The fraction of sp³-hybridized carbons (Fsp3) is 0.316. The van der Waals surface area contributed by atoms with E-state index >= 15 is 0 Å². The Bertz CT molecular complexity index is 849. The first-order valence-electron chi connectivity index (χ1n) is 8.53. The molecule has 1 aliphatic rings. The number of hydrogen-bond acceptors (Lipinski definition) is 4. The lowest BCUT2D eigenvalue weighted by Gasteiger charge is -2.34. The number of carbonyl (C=O) groups is 1. The number of nitro groups is 1. The molecule has 2 aromatic rings. The molecule has 6 nitrogen and oxygen atoms in total. The second kappa shape index (κ2) is 8.25. The van der Waals surface area contributed by atoms with Crippen molar-refractivity contribution in [2.45, 2.75) is 18.9 Å². The third-order valence-corrected chi connectivity index (χ3v) is 5.46. The molecule has 0 aromatic heterocycles. The zero-order valence-electron chi connectivity index (χ0n) is 14.3. The van der Waals surface area contributed by atoms with Crippen LogP contribution < -0.4 is 0 Å². The van der Waals surface area contributed by atoms with Crippen molar-refractivity contribution in [2.75, 3.05) is 13.1 Å². The maximum Gasteiger partial charge on any atom is 0.270 e. The molecule has 2 aromatic carbocycles. The van der Waals surface area contributed by atoms with E-state index in [1.165, 1.54) is 18.2 Å². The van der Waals surface area contributed by atoms with Crippen molar-refractivity contribution in [3.63, 3.8) is 0 Å². The van der Waals surface area contributed by atoms with Gasteiger partial charge in [0.25, 0.3) is 11.6 Å².